The summed E-state index contributed by atoms with van der Waals surface area (Å²) in [5.41, 5.74) is 1.12. The molecule has 2 N–H and O–H groups in total. The normalized spacial score (nSPS) is 16.8. The van der Waals surface area contributed by atoms with Gasteiger partial charge in [-0.05, 0) is 42.7 Å². The van der Waals surface area contributed by atoms with Crippen molar-refractivity contribution in [3.63, 3.8) is 0 Å². The zero-order chi connectivity index (χ0) is 21.7. The molecule has 10 heteroatoms. The number of benzene rings is 1. The molecule has 1 aromatic heterocycles. The van der Waals surface area contributed by atoms with Gasteiger partial charge in [-0.2, -0.15) is 0 Å². The third-order valence-corrected chi connectivity index (χ3v) is 4.65. The summed E-state index contributed by atoms with van der Waals surface area (Å²) in [6.45, 7) is 1.13. The number of amides is 1. The number of halogens is 3. The average molecular weight is 423 g/mol. The topological polar surface area (TPSA) is 91.8 Å². The summed E-state index contributed by atoms with van der Waals surface area (Å²) in [5.74, 6) is -1.78. The van der Waals surface area contributed by atoms with Gasteiger partial charge in [0, 0.05) is 13.1 Å². The van der Waals surface area contributed by atoms with Crippen LogP contribution in [0, 0.1) is 5.92 Å². The lowest BCUT2D eigenvalue weighted by molar-refractivity contribution is -0.274. The van der Waals surface area contributed by atoms with Crippen molar-refractivity contribution in [1.29, 1.82) is 0 Å². The number of anilines is 2. The Morgan fingerprint density at radius 3 is 2.73 bits per heavy atom. The van der Waals surface area contributed by atoms with Gasteiger partial charge in [0.15, 0.2) is 0 Å². The summed E-state index contributed by atoms with van der Waals surface area (Å²) in [5, 5.41) is 11.8. The second kappa shape index (κ2) is 9.02. The molecule has 7 nitrogen and oxygen atoms in total. The van der Waals surface area contributed by atoms with E-state index < -0.39 is 29.9 Å². The molecule has 160 valence electrons. The maximum absolute atomic E-state index is 12.3. The van der Waals surface area contributed by atoms with Crippen molar-refractivity contribution in [1.82, 2.24) is 4.98 Å². The first-order chi connectivity index (χ1) is 14.2. The molecule has 1 aliphatic heterocycles. The number of ether oxygens (including phenoxy) is 1. The third kappa shape index (κ3) is 6.10. The van der Waals surface area contributed by atoms with Gasteiger partial charge in [-0.15, -0.1) is 13.2 Å². The highest BCUT2D eigenvalue weighted by Gasteiger charge is 2.31. The number of aliphatic carboxylic acids is 1. The molecule has 1 aromatic carbocycles. The number of hydrogen-bond donors (Lipinski definition) is 2. The molecule has 0 aliphatic carbocycles. The SMILES string of the molecule is O=C(Cc1cccc(OC(F)(F)F)c1)Nc1ccc(N2CCCC(C(=O)O)C2)cn1. The van der Waals surface area contributed by atoms with E-state index in [2.05, 4.69) is 15.0 Å². The van der Waals surface area contributed by atoms with Crippen molar-refractivity contribution < 1.29 is 32.6 Å². The van der Waals surface area contributed by atoms with Gasteiger partial charge >= 0.3 is 12.3 Å². The molecule has 2 aromatic rings. The number of piperidine rings is 1. The number of carboxylic acid groups (broad SMARTS) is 1. The first kappa shape index (κ1) is 21.4. The van der Waals surface area contributed by atoms with Crippen molar-refractivity contribution in [3.8, 4) is 5.75 Å². The molecule has 1 unspecified atom stereocenters. The number of nitrogens with zero attached hydrogens (tertiary/aromatic N) is 2. The van der Waals surface area contributed by atoms with Crippen LogP contribution in [-0.4, -0.2) is 41.4 Å². The fourth-order valence-electron chi connectivity index (χ4n) is 3.29. The number of aromatic nitrogens is 1. The molecular weight excluding hydrogens is 403 g/mol. The van der Waals surface area contributed by atoms with Gasteiger partial charge in [-0.3, -0.25) is 9.59 Å². The Kier molecular flexibility index (Phi) is 6.43. The summed E-state index contributed by atoms with van der Waals surface area (Å²) in [6, 6.07) is 8.54. The molecule has 1 saturated heterocycles. The molecule has 3 rings (SSSR count). The van der Waals surface area contributed by atoms with Crippen LogP contribution in [0.1, 0.15) is 18.4 Å². The zero-order valence-electron chi connectivity index (χ0n) is 15.9. The molecule has 0 bridgehead atoms. The van der Waals surface area contributed by atoms with Crippen molar-refractivity contribution in [2.45, 2.75) is 25.6 Å². The number of alkyl halides is 3. The Balaban J connectivity index is 1.57. The predicted octanol–water partition coefficient (Wildman–Crippen LogP) is 3.46. The number of hydrogen-bond acceptors (Lipinski definition) is 5. The van der Waals surface area contributed by atoms with Crippen LogP contribution in [0.4, 0.5) is 24.7 Å². The van der Waals surface area contributed by atoms with E-state index in [1.807, 2.05) is 4.90 Å². The van der Waals surface area contributed by atoms with Crippen LogP contribution < -0.4 is 15.0 Å². The highest BCUT2D eigenvalue weighted by molar-refractivity contribution is 5.91. The lowest BCUT2D eigenvalue weighted by atomic mass is 9.98. The van der Waals surface area contributed by atoms with Crippen LogP contribution in [0.5, 0.6) is 5.75 Å². The Morgan fingerprint density at radius 2 is 2.07 bits per heavy atom. The van der Waals surface area contributed by atoms with Crippen LogP contribution in [0.25, 0.3) is 0 Å². The highest BCUT2D eigenvalue weighted by Crippen LogP contribution is 2.25. The van der Waals surface area contributed by atoms with E-state index in [0.717, 1.165) is 30.8 Å². The summed E-state index contributed by atoms with van der Waals surface area (Å²) in [7, 11) is 0. The molecule has 1 aliphatic rings. The average Bonchev–Trinajstić information content (AvgIpc) is 2.67. The maximum atomic E-state index is 12.3. The largest absolute Gasteiger partial charge is 0.573 e. The summed E-state index contributed by atoms with van der Waals surface area (Å²) < 4.78 is 40.8. The second-order valence-electron chi connectivity index (χ2n) is 6.95. The number of carboxylic acids is 1. The van der Waals surface area contributed by atoms with E-state index in [4.69, 9.17) is 0 Å². The number of carbonyl (C=O) groups is 2. The maximum Gasteiger partial charge on any atom is 0.573 e. The van der Waals surface area contributed by atoms with E-state index in [9.17, 15) is 27.9 Å². The monoisotopic (exact) mass is 423 g/mol. The minimum atomic E-state index is -4.80. The Morgan fingerprint density at radius 1 is 1.27 bits per heavy atom. The molecule has 1 amide bonds. The molecule has 2 heterocycles. The highest BCUT2D eigenvalue weighted by atomic mass is 19.4. The van der Waals surface area contributed by atoms with E-state index >= 15 is 0 Å². The van der Waals surface area contributed by atoms with Crippen LogP contribution in [0.2, 0.25) is 0 Å². The number of carbonyl (C=O) groups excluding carboxylic acids is 1. The minimum Gasteiger partial charge on any atom is -0.481 e. The third-order valence-electron chi connectivity index (χ3n) is 4.65. The van der Waals surface area contributed by atoms with Crippen molar-refractivity contribution in [2.24, 2.45) is 5.92 Å². The summed E-state index contributed by atoms with van der Waals surface area (Å²) >= 11 is 0. The number of rotatable bonds is 6. The molecule has 1 fully saturated rings. The Hall–Kier alpha value is -3.30. The second-order valence-corrected chi connectivity index (χ2v) is 6.95. The standard InChI is InChI=1S/C20H20F3N3O4/c21-20(22,23)30-16-5-1-3-13(9-16)10-18(27)25-17-7-6-15(11-24-17)26-8-2-4-14(12-26)19(28)29/h1,3,5-7,9,11,14H,2,4,8,10,12H2,(H,28,29)(H,24,25,27). The van der Waals surface area contributed by atoms with Gasteiger partial charge in [-0.1, -0.05) is 12.1 Å². The molecule has 0 saturated carbocycles. The van der Waals surface area contributed by atoms with E-state index in [0.29, 0.717) is 24.3 Å². The van der Waals surface area contributed by atoms with Crippen molar-refractivity contribution in [2.75, 3.05) is 23.3 Å². The Bertz CT molecular complexity index is 903. The Labute approximate surface area is 170 Å². The van der Waals surface area contributed by atoms with Gasteiger partial charge in [0.1, 0.15) is 11.6 Å². The van der Waals surface area contributed by atoms with E-state index in [1.54, 1.807) is 18.3 Å². The predicted molar refractivity (Wildman–Crippen MR) is 102 cm³/mol. The first-order valence-corrected chi connectivity index (χ1v) is 9.28. The lowest BCUT2D eigenvalue weighted by Gasteiger charge is -2.32. The molecule has 0 radical (unpaired) electrons. The van der Waals surface area contributed by atoms with Crippen molar-refractivity contribution in [3.05, 3.63) is 48.2 Å². The zero-order valence-corrected chi connectivity index (χ0v) is 15.9. The van der Waals surface area contributed by atoms with E-state index in [1.165, 1.54) is 12.1 Å². The summed E-state index contributed by atoms with van der Waals surface area (Å²) in [4.78, 5) is 29.5. The lowest BCUT2D eigenvalue weighted by Crippen LogP contribution is -2.38. The van der Waals surface area contributed by atoms with Gasteiger partial charge in [0.2, 0.25) is 5.91 Å². The fraction of sp³-hybridized carbons (Fsp3) is 0.350. The summed E-state index contributed by atoms with van der Waals surface area (Å²) in [6.07, 6.45) is -1.98. The van der Waals surface area contributed by atoms with Gasteiger partial charge < -0.3 is 20.1 Å². The molecule has 30 heavy (non-hydrogen) atoms. The number of nitrogens with one attached hydrogen (secondary N) is 1. The molecular formula is C20H20F3N3O4. The van der Waals surface area contributed by atoms with Gasteiger partial charge in [0.05, 0.1) is 24.2 Å². The van der Waals surface area contributed by atoms with Crippen molar-refractivity contribution >= 4 is 23.4 Å². The minimum absolute atomic E-state index is 0.148. The van der Waals surface area contributed by atoms with E-state index in [-0.39, 0.29) is 6.42 Å². The van der Waals surface area contributed by atoms with Gasteiger partial charge in [-0.25, -0.2) is 4.98 Å². The van der Waals surface area contributed by atoms with Gasteiger partial charge in [0.25, 0.3) is 0 Å². The quantitative estimate of drug-likeness (QED) is 0.740. The first-order valence-electron chi connectivity index (χ1n) is 9.28. The van der Waals surface area contributed by atoms with Crippen LogP contribution in [0.3, 0.4) is 0 Å². The smallest absolute Gasteiger partial charge is 0.481 e. The molecule has 0 spiro atoms. The molecule has 1 atom stereocenters. The van der Waals surface area contributed by atoms with Crippen LogP contribution in [-0.2, 0) is 16.0 Å². The van der Waals surface area contributed by atoms with Crippen LogP contribution >= 0.6 is 0 Å². The number of pyridine rings is 1. The fourth-order valence-corrected chi connectivity index (χ4v) is 3.29. The van der Waals surface area contributed by atoms with Crippen LogP contribution in [0.15, 0.2) is 42.6 Å².